The first-order valence-electron chi connectivity index (χ1n) is 7.76. The number of anilines is 2. The van der Waals surface area contributed by atoms with Gasteiger partial charge in [0.15, 0.2) is 5.78 Å². The summed E-state index contributed by atoms with van der Waals surface area (Å²) in [6.45, 7) is 0. The van der Waals surface area contributed by atoms with Gasteiger partial charge < -0.3 is 10.6 Å². The quantitative estimate of drug-likeness (QED) is 0.552. The Kier molecular flexibility index (Phi) is 5.56. The highest BCUT2D eigenvalue weighted by molar-refractivity contribution is 6.34. The van der Waals surface area contributed by atoms with E-state index in [0.29, 0.717) is 32.5 Å². The molecule has 0 spiro atoms. The van der Waals surface area contributed by atoms with Crippen molar-refractivity contribution in [1.82, 2.24) is 0 Å². The predicted octanol–water partition coefficient (Wildman–Crippen LogP) is 5.87. The van der Waals surface area contributed by atoms with Crippen molar-refractivity contribution in [3.05, 3.63) is 94.0 Å². The maximum Gasteiger partial charge on any atom is 0.323 e. The van der Waals surface area contributed by atoms with Gasteiger partial charge in [0.05, 0.1) is 16.4 Å². The number of carbonyl (C=O) groups is 2. The number of hydrogen-bond donors (Lipinski definition) is 2. The van der Waals surface area contributed by atoms with Crippen molar-refractivity contribution in [2.24, 2.45) is 0 Å². The van der Waals surface area contributed by atoms with Gasteiger partial charge in [0.1, 0.15) is 0 Å². The van der Waals surface area contributed by atoms with Gasteiger partial charge >= 0.3 is 6.03 Å². The number of urea groups is 1. The van der Waals surface area contributed by atoms with E-state index >= 15 is 0 Å². The summed E-state index contributed by atoms with van der Waals surface area (Å²) < 4.78 is 0. The lowest BCUT2D eigenvalue weighted by Crippen LogP contribution is -2.21. The summed E-state index contributed by atoms with van der Waals surface area (Å²) in [6.07, 6.45) is 0. The zero-order valence-corrected chi connectivity index (χ0v) is 15.0. The summed E-state index contributed by atoms with van der Waals surface area (Å²) in [4.78, 5) is 25.1. The lowest BCUT2D eigenvalue weighted by atomic mass is 10.0. The number of amides is 2. The molecule has 0 aliphatic carbocycles. The molecule has 0 heterocycles. The van der Waals surface area contributed by atoms with Gasteiger partial charge in [-0.25, -0.2) is 4.79 Å². The number of hydrogen-bond acceptors (Lipinski definition) is 2. The first-order valence-corrected chi connectivity index (χ1v) is 8.52. The molecular weight excluding hydrogens is 371 g/mol. The standard InChI is InChI=1S/C20H14Cl2N2O2/c21-14-10-11-17(15(12-14)19(25)13-6-2-1-3-7-13)23-20(26)24-18-9-5-4-8-16(18)22/h1-12H,(H2,23,24,26). The van der Waals surface area contributed by atoms with Gasteiger partial charge in [0.25, 0.3) is 0 Å². The van der Waals surface area contributed by atoms with Crippen LogP contribution in [0.5, 0.6) is 0 Å². The van der Waals surface area contributed by atoms with Crippen LogP contribution in [0.15, 0.2) is 72.8 Å². The lowest BCUT2D eigenvalue weighted by molar-refractivity contribution is 0.103. The third-order valence-corrected chi connectivity index (χ3v) is 4.20. The minimum Gasteiger partial charge on any atom is -0.307 e. The summed E-state index contributed by atoms with van der Waals surface area (Å²) in [5, 5.41) is 6.15. The van der Waals surface area contributed by atoms with E-state index < -0.39 is 6.03 Å². The highest BCUT2D eigenvalue weighted by atomic mass is 35.5. The Morgan fingerprint density at radius 3 is 2.12 bits per heavy atom. The number of halogens is 2. The second-order valence-corrected chi connectivity index (χ2v) is 6.29. The largest absolute Gasteiger partial charge is 0.323 e. The zero-order valence-electron chi connectivity index (χ0n) is 13.5. The molecule has 0 radical (unpaired) electrons. The van der Waals surface area contributed by atoms with Crippen LogP contribution in [-0.2, 0) is 0 Å². The molecule has 2 amide bonds. The van der Waals surface area contributed by atoms with Crippen LogP contribution in [0.4, 0.5) is 16.2 Å². The van der Waals surface area contributed by atoms with Crippen molar-refractivity contribution >= 4 is 46.4 Å². The molecule has 0 saturated heterocycles. The number of para-hydroxylation sites is 1. The number of benzene rings is 3. The van der Waals surface area contributed by atoms with Crippen LogP contribution in [0.1, 0.15) is 15.9 Å². The average Bonchev–Trinajstić information content (AvgIpc) is 2.65. The molecule has 3 aromatic carbocycles. The fourth-order valence-electron chi connectivity index (χ4n) is 2.40. The summed E-state index contributed by atoms with van der Waals surface area (Å²) >= 11 is 12.1. The molecule has 0 bridgehead atoms. The maximum atomic E-state index is 12.8. The fourth-order valence-corrected chi connectivity index (χ4v) is 2.75. The molecule has 4 nitrogen and oxygen atoms in total. The minimum absolute atomic E-state index is 0.235. The number of rotatable bonds is 4. The average molecular weight is 385 g/mol. The Morgan fingerprint density at radius 2 is 1.38 bits per heavy atom. The van der Waals surface area contributed by atoms with Crippen LogP contribution < -0.4 is 10.6 Å². The SMILES string of the molecule is O=C(Nc1ccccc1Cl)Nc1ccc(Cl)cc1C(=O)c1ccccc1. The summed E-state index contributed by atoms with van der Waals surface area (Å²) in [5.74, 6) is -0.235. The molecule has 0 fully saturated rings. The monoisotopic (exact) mass is 384 g/mol. The van der Waals surface area contributed by atoms with Crippen LogP contribution >= 0.6 is 23.2 Å². The van der Waals surface area contributed by atoms with Crippen LogP contribution in [0.2, 0.25) is 10.0 Å². The van der Waals surface area contributed by atoms with E-state index in [-0.39, 0.29) is 5.78 Å². The van der Waals surface area contributed by atoms with Crippen molar-refractivity contribution in [1.29, 1.82) is 0 Å². The summed E-state index contributed by atoms with van der Waals surface area (Å²) in [5.41, 5.74) is 1.63. The van der Waals surface area contributed by atoms with Crippen LogP contribution in [-0.4, -0.2) is 11.8 Å². The molecule has 0 atom stereocenters. The molecule has 26 heavy (non-hydrogen) atoms. The van der Waals surface area contributed by atoms with E-state index in [9.17, 15) is 9.59 Å². The van der Waals surface area contributed by atoms with Crippen LogP contribution in [0.25, 0.3) is 0 Å². The van der Waals surface area contributed by atoms with Crippen molar-refractivity contribution in [3.63, 3.8) is 0 Å². The van der Waals surface area contributed by atoms with E-state index in [2.05, 4.69) is 10.6 Å². The maximum absolute atomic E-state index is 12.8. The van der Waals surface area contributed by atoms with Crippen LogP contribution in [0.3, 0.4) is 0 Å². The van der Waals surface area contributed by atoms with E-state index in [1.165, 1.54) is 6.07 Å². The number of carbonyl (C=O) groups excluding carboxylic acids is 2. The molecule has 0 aliphatic rings. The van der Waals surface area contributed by atoms with Gasteiger partial charge in [-0.3, -0.25) is 4.79 Å². The Hall–Kier alpha value is -2.82. The van der Waals surface area contributed by atoms with Crippen molar-refractivity contribution < 1.29 is 9.59 Å². The number of nitrogens with one attached hydrogen (secondary N) is 2. The van der Waals surface area contributed by atoms with Crippen molar-refractivity contribution in [2.75, 3.05) is 10.6 Å². The molecule has 0 aromatic heterocycles. The second-order valence-electron chi connectivity index (χ2n) is 5.44. The third kappa shape index (κ3) is 4.23. The van der Waals surface area contributed by atoms with Gasteiger partial charge in [-0.05, 0) is 30.3 Å². The minimum atomic E-state index is -0.512. The molecular formula is C20H14Cl2N2O2. The first kappa shape index (κ1) is 18.0. The van der Waals surface area contributed by atoms with E-state index in [0.717, 1.165) is 0 Å². The summed E-state index contributed by atoms with van der Waals surface area (Å²) in [6, 6.07) is 19.9. The normalized spacial score (nSPS) is 10.2. The molecule has 3 rings (SSSR count). The van der Waals surface area contributed by atoms with E-state index in [4.69, 9.17) is 23.2 Å². The predicted molar refractivity (Wildman–Crippen MR) is 105 cm³/mol. The van der Waals surface area contributed by atoms with Crippen molar-refractivity contribution in [3.8, 4) is 0 Å². The topological polar surface area (TPSA) is 58.2 Å². The van der Waals surface area contributed by atoms with Gasteiger partial charge in [0, 0.05) is 16.1 Å². The lowest BCUT2D eigenvalue weighted by Gasteiger charge is -2.12. The van der Waals surface area contributed by atoms with Crippen molar-refractivity contribution in [2.45, 2.75) is 0 Å². The Balaban J connectivity index is 1.85. The molecule has 2 N–H and O–H groups in total. The molecule has 3 aromatic rings. The van der Waals surface area contributed by atoms with Crippen LogP contribution in [0, 0.1) is 0 Å². The smallest absolute Gasteiger partial charge is 0.307 e. The van der Waals surface area contributed by atoms with E-state index in [1.807, 2.05) is 6.07 Å². The molecule has 0 saturated carbocycles. The molecule has 130 valence electrons. The van der Waals surface area contributed by atoms with Gasteiger partial charge in [-0.15, -0.1) is 0 Å². The molecule has 0 aliphatic heterocycles. The highest BCUT2D eigenvalue weighted by Crippen LogP contribution is 2.25. The fraction of sp³-hybridized carbons (Fsp3) is 0. The second kappa shape index (κ2) is 8.04. The zero-order chi connectivity index (χ0) is 18.5. The Labute approximate surface area is 160 Å². The van der Waals surface area contributed by atoms with Gasteiger partial charge in [-0.2, -0.15) is 0 Å². The van der Waals surface area contributed by atoms with Gasteiger partial charge in [0.2, 0.25) is 0 Å². The van der Waals surface area contributed by atoms with Gasteiger partial charge in [-0.1, -0.05) is 65.7 Å². The third-order valence-electron chi connectivity index (χ3n) is 3.63. The Morgan fingerprint density at radius 1 is 0.731 bits per heavy atom. The molecule has 6 heteroatoms. The summed E-state index contributed by atoms with van der Waals surface area (Å²) in [7, 11) is 0. The first-order chi connectivity index (χ1) is 12.5. The number of ketones is 1. The Bertz CT molecular complexity index is 959. The molecule has 0 unspecified atom stereocenters. The highest BCUT2D eigenvalue weighted by Gasteiger charge is 2.16. The van der Waals surface area contributed by atoms with E-state index in [1.54, 1.807) is 60.7 Å².